The van der Waals surface area contributed by atoms with Gasteiger partial charge in [0.1, 0.15) is 0 Å². The molecule has 0 amide bonds. The molecule has 3 aliphatic carbocycles. The Bertz CT molecular complexity index is 397. The van der Waals surface area contributed by atoms with Crippen molar-refractivity contribution in [2.75, 3.05) is 0 Å². The van der Waals surface area contributed by atoms with Crippen LogP contribution in [-0.4, -0.2) is 6.21 Å². The van der Waals surface area contributed by atoms with E-state index in [0.717, 1.165) is 35.5 Å². The lowest BCUT2D eigenvalue weighted by Crippen LogP contribution is -2.27. The Labute approximate surface area is 137 Å². The van der Waals surface area contributed by atoms with Crippen LogP contribution in [0.3, 0.4) is 0 Å². The monoisotopic (exact) mass is 301 g/mol. The lowest BCUT2D eigenvalue weighted by atomic mass is 9.68. The first kappa shape index (κ1) is 16.3. The summed E-state index contributed by atoms with van der Waals surface area (Å²) < 4.78 is 0. The van der Waals surface area contributed by atoms with E-state index in [1.54, 1.807) is 25.7 Å². The molecule has 124 valence electrons. The van der Waals surface area contributed by atoms with E-state index in [4.69, 9.17) is 0 Å². The fourth-order valence-electron chi connectivity index (χ4n) is 5.38. The first-order valence-electron chi connectivity index (χ1n) is 9.94. The molecule has 4 aliphatic rings. The fraction of sp³-hybridized carbons (Fsp3) is 0.857. The Kier molecular flexibility index (Phi) is 5.77. The van der Waals surface area contributed by atoms with Crippen LogP contribution >= 0.6 is 0 Å². The molecule has 0 aromatic heterocycles. The summed E-state index contributed by atoms with van der Waals surface area (Å²) in [6.45, 7) is 4.78. The maximum atomic E-state index is 4.21. The Balaban J connectivity index is 0.000000131. The van der Waals surface area contributed by atoms with Crippen molar-refractivity contribution in [2.45, 2.75) is 78.1 Å². The average Bonchev–Trinajstić information content (AvgIpc) is 2.56. The van der Waals surface area contributed by atoms with Gasteiger partial charge in [-0.2, -0.15) is 0 Å². The molecule has 22 heavy (non-hydrogen) atoms. The molecule has 6 atom stereocenters. The molecule has 0 saturated heterocycles. The molecule has 0 N–H and O–H groups in total. The number of hydrogen-bond acceptors (Lipinski definition) is 1. The van der Waals surface area contributed by atoms with E-state index in [-0.39, 0.29) is 0 Å². The second-order valence-corrected chi connectivity index (χ2v) is 8.51. The molecule has 0 bridgehead atoms. The number of rotatable bonds is 0. The van der Waals surface area contributed by atoms with Gasteiger partial charge in [0, 0.05) is 18.3 Å². The van der Waals surface area contributed by atoms with Gasteiger partial charge in [-0.25, -0.2) is 0 Å². The minimum atomic E-state index is 0.744. The van der Waals surface area contributed by atoms with Gasteiger partial charge in [0.2, 0.25) is 0 Å². The van der Waals surface area contributed by atoms with E-state index >= 15 is 0 Å². The van der Waals surface area contributed by atoms with Crippen molar-refractivity contribution in [1.82, 2.24) is 0 Å². The molecular weight excluding hydrogens is 266 g/mol. The fourth-order valence-corrected chi connectivity index (χ4v) is 5.38. The second kappa shape index (κ2) is 7.79. The van der Waals surface area contributed by atoms with Crippen LogP contribution in [-0.2, 0) is 0 Å². The van der Waals surface area contributed by atoms with E-state index in [1.807, 2.05) is 6.20 Å². The van der Waals surface area contributed by atoms with Gasteiger partial charge in [0.05, 0.1) is 0 Å². The second-order valence-electron chi connectivity index (χ2n) is 8.51. The Morgan fingerprint density at radius 1 is 0.818 bits per heavy atom. The van der Waals surface area contributed by atoms with Crippen LogP contribution in [0.5, 0.6) is 0 Å². The van der Waals surface area contributed by atoms with Crippen molar-refractivity contribution in [2.24, 2.45) is 40.5 Å². The molecule has 1 nitrogen and oxygen atoms in total. The number of allylic oxidation sites excluding steroid dienone is 1. The van der Waals surface area contributed by atoms with Gasteiger partial charge in [-0.15, -0.1) is 0 Å². The maximum absolute atomic E-state index is 4.21. The predicted octanol–water partition coefficient (Wildman–Crippen LogP) is 6.25. The van der Waals surface area contributed by atoms with Crippen molar-refractivity contribution in [1.29, 1.82) is 0 Å². The number of fused-ring (bicyclic) bond motifs is 2. The van der Waals surface area contributed by atoms with Crippen molar-refractivity contribution in [3.8, 4) is 0 Å². The van der Waals surface area contributed by atoms with Crippen molar-refractivity contribution < 1.29 is 0 Å². The zero-order valence-corrected chi connectivity index (χ0v) is 14.7. The van der Waals surface area contributed by atoms with Crippen LogP contribution in [0, 0.1) is 35.5 Å². The normalized spacial score (nSPS) is 43.5. The maximum Gasteiger partial charge on any atom is 0.0227 e. The molecule has 0 radical (unpaired) electrons. The van der Waals surface area contributed by atoms with Crippen molar-refractivity contribution in [3.63, 3.8) is 0 Å². The summed E-state index contributed by atoms with van der Waals surface area (Å²) in [4.78, 5) is 4.21. The number of nitrogens with zero attached hydrogens (tertiary/aromatic N) is 1. The highest BCUT2D eigenvalue weighted by Gasteiger charge is 2.30. The average molecular weight is 302 g/mol. The third-order valence-corrected chi connectivity index (χ3v) is 6.83. The van der Waals surface area contributed by atoms with Crippen LogP contribution in [0.4, 0.5) is 0 Å². The van der Waals surface area contributed by atoms with Crippen molar-refractivity contribution >= 4 is 6.21 Å². The highest BCUT2D eigenvalue weighted by atomic mass is 14.7. The summed E-state index contributed by atoms with van der Waals surface area (Å²) in [5.74, 6) is 5.70. The minimum Gasteiger partial charge on any atom is -0.269 e. The first-order chi connectivity index (χ1) is 10.7. The van der Waals surface area contributed by atoms with E-state index in [2.05, 4.69) is 31.1 Å². The van der Waals surface area contributed by atoms with Crippen LogP contribution in [0.25, 0.3) is 0 Å². The highest BCUT2D eigenvalue weighted by molar-refractivity contribution is 5.64. The highest BCUT2D eigenvalue weighted by Crippen LogP contribution is 2.42. The molecule has 3 fully saturated rings. The van der Waals surface area contributed by atoms with Gasteiger partial charge in [-0.05, 0) is 48.9 Å². The molecule has 1 heteroatoms. The number of aliphatic imine (C=N–C) groups is 1. The summed E-state index contributed by atoms with van der Waals surface area (Å²) >= 11 is 0. The molecule has 0 aromatic rings. The van der Waals surface area contributed by atoms with Gasteiger partial charge in [0.15, 0.2) is 0 Å². The lowest BCUT2D eigenvalue weighted by Gasteiger charge is -2.38. The summed E-state index contributed by atoms with van der Waals surface area (Å²) in [7, 11) is 0. The zero-order chi connectivity index (χ0) is 15.4. The van der Waals surface area contributed by atoms with E-state index < -0.39 is 0 Å². The Morgan fingerprint density at radius 3 is 2.45 bits per heavy atom. The molecule has 4 rings (SSSR count). The van der Waals surface area contributed by atoms with Crippen LogP contribution < -0.4 is 0 Å². The standard InChI is InChI=1S/C11H20.C10H15N/c1-9-6-7-10-4-2-3-5-11(10)8-9;1-8-3-2-4-9-5-6-11-7-10(8)9/h9-11H,2-8H2,1H3;5-10H,2-4H2,1H3. The molecule has 6 unspecified atom stereocenters. The van der Waals surface area contributed by atoms with E-state index in [1.165, 1.54) is 38.5 Å². The summed E-state index contributed by atoms with van der Waals surface area (Å²) in [6, 6.07) is 0. The van der Waals surface area contributed by atoms with Crippen molar-refractivity contribution in [3.05, 3.63) is 12.3 Å². The van der Waals surface area contributed by atoms with Gasteiger partial charge in [-0.1, -0.05) is 64.9 Å². The molecule has 1 aliphatic heterocycles. The third-order valence-electron chi connectivity index (χ3n) is 6.83. The third kappa shape index (κ3) is 4.03. The molecule has 0 spiro atoms. The minimum absolute atomic E-state index is 0.744. The van der Waals surface area contributed by atoms with Gasteiger partial charge >= 0.3 is 0 Å². The lowest BCUT2D eigenvalue weighted by molar-refractivity contribution is 0.137. The van der Waals surface area contributed by atoms with Crippen LogP contribution in [0.2, 0.25) is 0 Å². The van der Waals surface area contributed by atoms with E-state index in [9.17, 15) is 0 Å². The zero-order valence-electron chi connectivity index (χ0n) is 14.7. The number of hydrogen-bond donors (Lipinski definition) is 0. The Hall–Kier alpha value is -0.590. The van der Waals surface area contributed by atoms with Crippen LogP contribution in [0.15, 0.2) is 17.3 Å². The molecular formula is C21H35N. The summed E-state index contributed by atoms with van der Waals surface area (Å²) in [5.41, 5.74) is 0. The smallest absolute Gasteiger partial charge is 0.0227 e. The topological polar surface area (TPSA) is 12.4 Å². The van der Waals surface area contributed by atoms with Gasteiger partial charge in [-0.3, -0.25) is 4.99 Å². The van der Waals surface area contributed by atoms with E-state index in [0.29, 0.717) is 0 Å². The van der Waals surface area contributed by atoms with Crippen LogP contribution in [0.1, 0.15) is 78.1 Å². The summed E-state index contributed by atoms with van der Waals surface area (Å²) in [6.07, 6.45) is 21.3. The first-order valence-corrected chi connectivity index (χ1v) is 9.94. The quantitative estimate of drug-likeness (QED) is 0.501. The molecule has 0 aromatic carbocycles. The SMILES string of the molecule is CC1CCC2CCCCC2C1.CC1CCCC2C=CN=CC12. The molecule has 3 saturated carbocycles. The Morgan fingerprint density at radius 2 is 1.64 bits per heavy atom. The van der Waals surface area contributed by atoms with Gasteiger partial charge in [0.25, 0.3) is 0 Å². The summed E-state index contributed by atoms with van der Waals surface area (Å²) in [5, 5.41) is 0. The predicted molar refractivity (Wildman–Crippen MR) is 96.1 cm³/mol. The molecule has 1 heterocycles. The largest absolute Gasteiger partial charge is 0.269 e. The van der Waals surface area contributed by atoms with Gasteiger partial charge < -0.3 is 0 Å².